The number of hydrogen-bond acceptors (Lipinski definition) is 5. The van der Waals surface area contributed by atoms with Gasteiger partial charge in [-0.25, -0.2) is 12.7 Å². The second-order valence-electron chi connectivity index (χ2n) is 5.94. The Balaban J connectivity index is 1.95. The minimum Gasteiger partial charge on any atom is -0.490 e. The summed E-state index contributed by atoms with van der Waals surface area (Å²) in [5.74, 6) is 0.724. The monoisotopic (exact) mass is 392 g/mol. The number of carbonyl (C=O) groups excluding carboxylic acids is 1. The van der Waals surface area contributed by atoms with Gasteiger partial charge < -0.3 is 14.8 Å². The van der Waals surface area contributed by atoms with Gasteiger partial charge in [-0.2, -0.15) is 0 Å². The number of rotatable bonds is 9. The van der Waals surface area contributed by atoms with Crippen molar-refractivity contribution >= 4 is 21.6 Å². The maximum atomic E-state index is 12.1. The molecule has 0 aliphatic carbocycles. The molecule has 2 aromatic rings. The van der Waals surface area contributed by atoms with Crippen LogP contribution in [0, 0.1) is 0 Å². The Morgan fingerprint density at radius 1 is 1.00 bits per heavy atom. The van der Waals surface area contributed by atoms with E-state index in [9.17, 15) is 13.2 Å². The van der Waals surface area contributed by atoms with Crippen LogP contribution in [0.1, 0.15) is 13.3 Å². The number of carbonyl (C=O) groups is 1. The number of ether oxygens (including phenoxy) is 2. The second-order valence-corrected chi connectivity index (χ2v) is 8.10. The van der Waals surface area contributed by atoms with Gasteiger partial charge in [0.2, 0.25) is 10.0 Å². The van der Waals surface area contributed by atoms with E-state index in [2.05, 4.69) is 5.32 Å². The van der Waals surface area contributed by atoms with E-state index in [0.29, 0.717) is 23.8 Å². The van der Waals surface area contributed by atoms with Crippen LogP contribution >= 0.6 is 0 Å². The number of nitrogens with one attached hydrogen (secondary N) is 1. The molecule has 7 nitrogen and oxygen atoms in total. The van der Waals surface area contributed by atoms with E-state index < -0.39 is 10.0 Å². The lowest BCUT2D eigenvalue weighted by molar-refractivity contribution is -0.118. The van der Waals surface area contributed by atoms with Gasteiger partial charge in [-0.15, -0.1) is 0 Å². The van der Waals surface area contributed by atoms with Gasteiger partial charge in [0.15, 0.2) is 18.1 Å². The van der Waals surface area contributed by atoms with Crippen LogP contribution in [0.4, 0.5) is 5.69 Å². The molecule has 0 saturated carbocycles. The number of nitrogens with zero attached hydrogens (tertiary/aromatic N) is 1. The molecule has 2 rings (SSSR count). The van der Waals surface area contributed by atoms with E-state index in [1.807, 2.05) is 13.0 Å². The molecule has 0 bridgehead atoms. The third kappa shape index (κ3) is 5.70. The molecule has 0 fully saturated rings. The predicted molar refractivity (Wildman–Crippen MR) is 104 cm³/mol. The molecule has 0 unspecified atom stereocenters. The number of anilines is 1. The fourth-order valence-electron chi connectivity index (χ4n) is 2.16. The van der Waals surface area contributed by atoms with E-state index >= 15 is 0 Å². The lowest BCUT2D eigenvalue weighted by atomic mass is 10.3. The highest BCUT2D eigenvalue weighted by Gasteiger charge is 2.16. The summed E-state index contributed by atoms with van der Waals surface area (Å²) < 4.78 is 36.3. The summed E-state index contributed by atoms with van der Waals surface area (Å²) in [5.41, 5.74) is 0.483. The van der Waals surface area contributed by atoms with Gasteiger partial charge in [0.1, 0.15) is 0 Å². The third-order valence-corrected chi connectivity index (χ3v) is 5.42. The highest BCUT2D eigenvalue weighted by atomic mass is 32.2. The SMILES string of the molecule is CCCOc1ccccc1OCC(=O)Nc1ccc(S(=O)(=O)N(C)C)cc1. The summed E-state index contributed by atoms with van der Waals surface area (Å²) in [4.78, 5) is 12.3. The minimum absolute atomic E-state index is 0.156. The Bertz CT molecular complexity index is 864. The van der Waals surface area contributed by atoms with Gasteiger partial charge in [-0.05, 0) is 42.8 Å². The smallest absolute Gasteiger partial charge is 0.262 e. The molecule has 0 spiro atoms. The maximum absolute atomic E-state index is 12.1. The molecule has 0 aliphatic rings. The van der Waals surface area contributed by atoms with Crippen LogP contribution in [-0.4, -0.2) is 45.9 Å². The molecule has 0 heterocycles. The van der Waals surface area contributed by atoms with Gasteiger partial charge >= 0.3 is 0 Å². The Labute approximate surface area is 160 Å². The summed E-state index contributed by atoms with van der Waals surface area (Å²) in [6.45, 7) is 2.38. The van der Waals surface area contributed by atoms with E-state index in [-0.39, 0.29) is 17.4 Å². The maximum Gasteiger partial charge on any atom is 0.262 e. The van der Waals surface area contributed by atoms with Crippen molar-refractivity contribution in [3.63, 3.8) is 0 Å². The highest BCUT2D eigenvalue weighted by molar-refractivity contribution is 7.89. The number of amides is 1. The third-order valence-electron chi connectivity index (χ3n) is 3.59. The Hall–Kier alpha value is -2.58. The van der Waals surface area contributed by atoms with Crippen LogP contribution in [0.5, 0.6) is 11.5 Å². The number of hydrogen-bond donors (Lipinski definition) is 1. The van der Waals surface area contributed by atoms with Gasteiger partial charge in [0.05, 0.1) is 11.5 Å². The molecule has 146 valence electrons. The molecule has 0 saturated heterocycles. The topological polar surface area (TPSA) is 84.9 Å². The van der Waals surface area contributed by atoms with Gasteiger partial charge in [-0.1, -0.05) is 19.1 Å². The molecule has 0 aromatic heterocycles. The van der Waals surface area contributed by atoms with Crippen LogP contribution in [0.15, 0.2) is 53.4 Å². The van der Waals surface area contributed by atoms with E-state index in [4.69, 9.17) is 9.47 Å². The lowest BCUT2D eigenvalue weighted by Crippen LogP contribution is -2.22. The van der Waals surface area contributed by atoms with Crippen molar-refractivity contribution in [3.8, 4) is 11.5 Å². The van der Waals surface area contributed by atoms with Gasteiger partial charge in [0, 0.05) is 19.8 Å². The summed E-state index contributed by atoms with van der Waals surface area (Å²) in [6, 6.07) is 13.1. The van der Waals surface area contributed by atoms with Crippen LogP contribution in [0.3, 0.4) is 0 Å². The quantitative estimate of drug-likeness (QED) is 0.709. The number of sulfonamides is 1. The van der Waals surface area contributed by atoms with Crippen molar-refractivity contribution in [2.24, 2.45) is 0 Å². The van der Waals surface area contributed by atoms with Crippen LogP contribution in [0.25, 0.3) is 0 Å². The summed E-state index contributed by atoms with van der Waals surface area (Å²) in [5, 5.41) is 2.67. The Kier molecular flexibility index (Phi) is 7.20. The average Bonchev–Trinajstić information content (AvgIpc) is 2.65. The van der Waals surface area contributed by atoms with Gasteiger partial charge in [0.25, 0.3) is 5.91 Å². The largest absolute Gasteiger partial charge is 0.490 e. The number of benzene rings is 2. The van der Waals surface area contributed by atoms with Crippen molar-refractivity contribution < 1.29 is 22.7 Å². The van der Waals surface area contributed by atoms with E-state index in [1.165, 1.54) is 38.4 Å². The van der Waals surface area contributed by atoms with Crippen molar-refractivity contribution in [2.45, 2.75) is 18.2 Å². The first-order valence-corrected chi connectivity index (χ1v) is 9.95. The summed E-state index contributed by atoms with van der Waals surface area (Å²) >= 11 is 0. The first-order valence-electron chi connectivity index (χ1n) is 8.51. The molecule has 0 radical (unpaired) electrons. The van der Waals surface area contributed by atoms with Crippen molar-refractivity contribution in [3.05, 3.63) is 48.5 Å². The van der Waals surface area contributed by atoms with Crippen molar-refractivity contribution in [2.75, 3.05) is 32.6 Å². The minimum atomic E-state index is -3.50. The van der Waals surface area contributed by atoms with Gasteiger partial charge in [-0.3, -0.25) is 4.79 Å². The molecule has 0 aliphatic heterocycles. The average molecular weight is 392 g/mol. The van der Waals surface area contributed by atoms with E-state index in [0.717, 1.165) is 10.7 Å². The molecular formula is C19H24N2O5S. The second kappa shape index (κ2) is 9.38. The zero-order chi connectivity index (χ0) is 19.9. The molecule has 0 atom stereocenters. The normalized spacial score (nSPS) is 11.3. The molecule has 1 amide bonds. The van der Waals surface area contributed by atoms with Crippen LogP contribution in [-0.2, 0) is 14.8 Å². The Morgan fingerprint density at radius 3 is 2.15 bits per heavy atom. The van der Waals surface area contributed by atoms with Crippen molar-refractivity contribution in [1.82, 2.24) is 4.31 Å². The molecule has 2 aromatic carbocycles. The fraction of sp³-hybridized carbons (Fsp3) is 0.316. The molecule has 27 heavy (non-hydrogen) atoms. The zero-order valence-corrected chi connectivity index (χ0v) is 16.5. The van der Waals surface area contributed by atoms with Crippen LogP contribution < -0.4 is 14.8 Å². The van der Waals surface area contributed by atoms with E-state index in [1.54, 1.807) is 18.2 Å². The predicted octanol–water partition coefficient (Wildman–Crippen LogP) is 2.74. The highest BCUT2D eigenvalue weighted by Crippen LogP contribution is 2.26. The first-order chi connectivity index (χ1) is 12.8. The molecule has 1 N–H and O–H groups in total. The Morgan fingerprint density at radius 2 is 1.59 bits per heavy atom. The fourth-order valence-corrected chi connectivity index (χ4v) is 3.06. The lowest BCUT2D eigenvalue weighted by Gasteiger charge is -2.13. The zero-order valence-electron chi connectivity index (χ0n) is 15.6. The van der Waals surface area contributed by atoms with Crippen LogP contribution in [0.2, 0.25) is 0 Å². The summed E-state index contributed by atoms with van der Waals surface area (Å²) in [7, 11) is -0.573. The number of para-hydroxylation sites is 2. The standard InChI is InChI=1S/C19H24N2O5S/c1-4-13-25-17-7-5-6-8-18(17)26-14-19(22)20-15-9-11-16(12-10-15)27(23,24)21(2)3/h5-12H,4,13-14H2,1-3H3,(H,20,22). The first kappa shape index (κ1) is 20.7. The van der Waals surface area contributed by atoms with Crippen molar-refractivity contribution in [1.29, 1.82) is 0 Å². The summed E-state index contributed by atoms with van der Waals surface area (Å²) in [6.07, 6.45) is 0.869. The molecular weight excluding hydrogens is 368 g/mol. The molecule has 8 heteroatoms.